The number of carbonyl (C=O) groups is 1. The Morgan fingerprint density at radius 2 is 1.21 bits per heavy atom. The molecule has 0 radical (unpaired) electrons. The smallest absolute Gasteiger partial charge is 0.306 e. The van der Waals surface area contributed by atoms with E-state index < -0.39 is 32.6 Å². The molecule has 0 fully saturated rings. The van der Waals surface area contributed by atoms with Gasteiger partial charge in [0.1, 0.15) is 19.8 Å². The number of esters is 1. The lowest BCUT2D eigenvalue weighted by Gasteiger charge is -2.28. The lowest BCUT2D eigenvalue weighted by atomic mass is 10.1. The fraction of sp³-hybridized carbons (Fsp3) is 0.761. The number of unbranched alkanes of at least 4 members (excludes halogenated alkanes) is 17. The molecule has 326 valence electrons. The number of hydrogen-bond acceptors (Lipinski definition) is 8. The Balaban J connectivity index is 4.50. The molecule has 0 aliphatic rings. The van der Waals surface area contributed by atoms with E-state index in [4.69, 9.17) is 18.5 Å². The van der Waals surface area contributed by atoms with Crippen molar-refractivity contribution in [3.05, 3.63) is 60.9 Å². The molecule has 0 aliphatic carbocycles. The zero-order valence-electron chi connectivity index (χ0n) is 36.4. The number of aliphatic hydroxyl groups excluding tert-OH is 1. The van der Waals surface area contributed by atoms with Crippen LogP contribution in [0.15, 0.2) is 60.9 Å². The van der Waals surface area contributed by atoms with Crippen LogP contribution in [0.25, 0.3) is 0 Å². The van der Waals surface area contributed by atoms with E-state index in [9.17, 15) is 19.4 Å². The van der Waals surface area contributed by atoms with Crippen molar-refractivity contribution in [2.24, 2.45) is 0 Å². The highest BCUT2D eigenvalue weighted by atomic mass is 31.2. The Morgan fingerprint density at radius 3 is 1.80 bits per heavy atom. The van der Waals surface area contributed by atoms with Gasteiger partial charge in [-0.15, -0.1) is 0 Å². The molecule has 0 saturated heterocycles. The van der Waals surface area contributed by atoms with Gasteiger partial charge in [-0.1, -0.05) is 140 Å². The molecule has 0 aliphatic heterocycles. The molecule has 0 aromatic heterocycles. The first-order valence-electron chi connectivity index (χ1n) is 22.2. The Morgan fingerprint density at radius 1 is 0.679 bits per heavy atom. The van der Waals surface area contributed by atoms with Gasteiger partial charge in [0.25, 0.3) is 7.82 Å². The fourth-order valence-electron chi connectivity index (χ4n) is 5.69. The monoisotopic (exact) mass is 810 g/mol. The molecule has 3 atom stereocenters. The second-order valence-corrected chi connectivity index (χ2v) is 17.4. The van der Waals surface area contributed by atoms with Crippen molar-refractivity contribution in [3.8, 4) is 0 Å². The van der Waals surface area contributed by atoms with Crippen LogP contribution in [0.2, 0.25) is 0 Å². The molecule has 2 unspecified atom stereocenters. The molecule has 0 saturated carbocycles. The maximum atomic E-state index is 12.7. The Kier molecular flexibility index (Phi) is 37.1. The number of aliphatic hydroxyl groups is 1. The number of phosphoric acid groups is 1. The molecule has 0 aromatic carbocycles. The maximum absolute atomic E-state index is 12.7. The van der Waals surface area contributed by atoms with Crippen LogP contribution in [-0.4, -0.2) is 75.3 Å². The predicted octanol–water partition coefficient (Wildman–Crippen LogP) is 11.6. The molecular weight excluding hydrogens is 725 g/mol. The number of rotatable bonds is 40. The molecule has 0 rings (SSSR count). The number of allylic oxidation sites excluding steroid dienone is 8. The largest absolute Gasteiger partial charge is 0.756 e. The summed E-state index contributed by atoms with van der Waals surface area (Å²) in [5, 5.41) is 10.3. The topological polar surface area (TPSA) is 114 Å². The van der Waals surface area contributed by atoms with Gasteiger partial charge in [0, 0.05) is 6.42 Å². The van der Waals surface area contributed by atoms with E-state index in [1.54, 1.807) is 12.3 Å². The first kappa shape index (κ1) is 54.0. The van der Waals surface area contributed by atoms with E-state index in [-0.39, 0.29) is 19.6 Å². The minimum absolute atomic E-state index is 0.0203. The van der Waals surface area contributed by atoms with Crippen molar-refractivity contribution in [1.82, 2.24) is 0 Å². The SMILES string of the molecule is CCCCCC/C=C\CCCCCCCC/C=C/OC[C@H](COP(=O)([O-])OCC[N+](C)(C)C)OC(=O)CCCC(O)/C=C/C=C/C/C=C/CCCCCCCC. The number of quaternary nitrogens is 1. The summed E-state index contributed by atoms with van der Waals surface area (Å²) in [5.74, 6) is -0.514. The molecule has 0 aromatic rings. The Hall–Kier alpha value is -2.00. The van der Waals surface area contributed by atoms with Gasteiger partial charge in [-0.05, 0) is 76.7 Å². The number of carbonyl (C=O) groups excluding carboxylic acids is 1. The zero-order valence-corrected chi connectivity index (χ0v) is 37.3. The van der Waals surface area contributed by atoms with Crippen LogP contribution in [0.5, 0.6) is 0 Å². The molecule has 1 N–H and O–H groups in total. The highest BCUT2D eigenvalue weighted by Crippen LogP contribution is 2.38. The average Bonchev–Trinajstić information content (AvgIpc) is 3.14. The van der Waals surface area contributed by atoms with Gasteiger partial charge >= 0.3 is 5.97 Å². The number of likely N-dealkylation sites (N-methyl/N-ethyl adjacent to an activating group) is 1. The van der Waals surface area contributed by atoms with Crippen LogP contribution in [0.4, 0.5) is 0 Å². The molecule has 0 spiro atoms. The first-order valence-corrected chi connectivity index (χ1v) is 23.6. The molecule has 9 nitrogen and oxygen atoms in total. The van der Waals surface area contributed by atoms with Crippen LogP contribution in [0.1, 0.15) is 168 Å². The first-order chi connectivity index (χ1) is 27.0. The highest BCUT2D eigenvalue weighted by Gasteiger charge is 2.20. The van der Waals surface area contributed by atoms with Gasteiger partial charge in [0.05, 0.1) is 40.1 Å². The van der Waals surface area contributed by atoms with Gasteiger partial charge in [0.2, 0.25) is 0 Å². The van der Waals surface area contributed by atoms with Crippen LogP contribution >= 0.6 is 7.82 Å². The molecule has 10 heteroatoms. The van der Waals surface area contributed by atoms with Gasteiger partial charge < -0.3 is 33.0 Å². The third kappa shape index (κ3) is 41.6. The van der Waals surface area contributed by atoms with E-state index in [2.05, 4.69) is 38.2 Å². The molecular formula is C46H84NO8P. The van der Waals surface area contributed by atoms with Crippen molar-refractivity contribution >= 4 is 13.8 Å². The quantitative estimate of drug-likeness (QED) is 0.0124. The van der Waals surface area contributed by atoms with E-state index in [1.165, 1.54) is 103 Å². The van der Waals surface area contributed by atoms with E-state index >= 15 is 0 Å². The normalized spacial score (nSPS) is 14.8. The van der Waals surface area contributed by atoms with Crippen molar-refractivity contribution in [2.45, 2.75) is 180 Å². The summed E-state index contributed by atoms with van der Waals surface area (Å²) in [6, 6.07) is 0. The minimum atomic E-state index is -4.60. The van der Waals surface area contributed by atoms with Gasteiger partial charge in [-0.25, -0.2) is 0 Å². The zero-order chi connectivity index (χ0) is 41.4. The number of ether oxygens (including phenoxy) is 2. The highest BCUT2D eigenvalue weighted by molar-refractivity contribution is 7.45. The van der Waals surface area contributed by atoms with Crippen LogP contribution in [0, 0.1) is 0 Å². The van der Waals surface area contributed by atoms with Crippen molar-refractivity contribution < 1.29 is 42.4 Å². The standard InChI is InChI=1S/C46H84NO8P/c1-6-8-10-12-14-16-18-20-21-22-24-26-28-30-32-34-40-52-42-45(43-54-56(50,51)53-41-39-47(3,4)5)55-46(49)38-35-37-44(48)36-33-31-29-27-25-23-19-17-15-13-11-9-7-2/h16,18,23,25,29,31,33-34,36,40,44-45,48H,6-15,17,19-22,24,26-28,30,32,35,37-39,41-43H2,1-5H3/b18-16-,25-23+,31-29+,36-33+,40-34+/t44?,45-/m1/s1. The average molecular weight is 810 g/mol. The van der Waals surface area contributed by atoms with Crippen LogP contribution in [-0.2, 0) is 27.9 Å². The van der Waals surface area contributed by atoms with Crippen molar-refractivity contribution in [3.63, 3.8) is 0 Å². The van der Waals surface area contributed by atoms with Gasteiger partial charge in [0.15, 0.2) is 6.10 Å². The summed E-state index contributed by atoms with van der Waals surface area (Å²) >= 11 is 0. The Labute approximate surface area is 343 Å². The third-order valence-corrected chi connectivity index (χ3v) is 10.2. The van der Waals surface area contributed by atoms with Crippen LogP contribution < -0.4 is 4.89 Å². The summed E-state index contributed by atoms with van der Waals surface area (Å²) in [5.41, 5.74) is 0. The van der Waals surface area contributed by atoms with Crippen molar-refractivity contribution in [1.29, 1.82) is 0 Å². The lowest BCUT2D eigenvalue weighted by Crippen LogP contribution is -2.37. The van der Waals surface area contributed by atoms with Crippen molar-refractivity contribution in [2.75, 3.05) is 47.5 Å². The van der Waals surface area contributed by atoms with E-state index in [0.29, 0.717) is 23.9 Å². The molecule has 0 bridgehead atoms. The summed E-state index contributed by atoms with van der Waals surface area (Å²) in [4.78, 5) is 25.0. The number of hydrogen-bond donors (Lipinski definition) is 1. The van der Waals surface area contributed by atoms with Gasteiger partial charge in [-0.2, -0.15) is 0 Å². The van der Waals surface area contributed by atoms with E-state index in [0.717, 1.165) is 32.1 Å². The molecule has 0 heterocycles. The summed E-state index contributed by atoms with van der Waals surface area (Å²) in [6.45, 7) is 4.48. The summed E-state index contributed by atoms with van der Waals surface area (Å²) in [6.07, 6.45) is 45.0. The summed E-state index contributed by atoms with van der Waals surface area (Å²) in [7, 11) is 1.20. The number of phosphoric ester groups is 1. The molecule has 0 amide bonds. The van der Waals surface area contributed by atoms with Gasteiger partial charge in [-0.3, -0.25) is 9.36 Å². The summed E-state index contributed by atoms with van der Waals surface area (Å²) < 4.78 is 34.1. The number of nitrogens with zero attached hydrogens (tertiary/aromatic N) is 1. The third-order valence-electron chi connectivity index (χ3n) is 9.21. The predicted molar refractivity (Wildman–Crippen MR) is 232 cm³/mol. The second kappa shape index (κ2) is 38.5. The fourth-order valence-corrected chi connectivity index (χ4v) is 6.42. The Bertz CT molecular complexity index is 1100. The van der Waals surface area contributed by atoms with E-state index in [1.807, 2.05) is 45.4 Å². The minimum Gasteiger partial charge on any atom is -0.756 e. The second-order valence-electron chi connectivity index (χ2n) is 16.0. The lowest BCUT2D eigenvalue weighted by molar-refractivity contribution is -0.870. The van der Waals surface area contributed by atoms with Crippen LogP contribution in [0.3, 0.4) is 0 Å². The molecule has 56 heavy (non-hydrogen) atoms. The maximum Gasteiger partial charge on any atom is 0.306 e.